The molecule has 0 fully saturated rings. The minimum Gasteiger partial charge on any atom is -0.270 e. The lowest BCUT2D eigenvalue weighted by molar-refractivity contribution is -0.140. The van der Waals surface area contributed by atoms with E-state index in [-0.39, 0.29) is 37.9 Å². The Bertz CT molecular complexity index is 1380. The molecular formula is C26H15Cl2F6NO2. The van der Waals surface area contributed by atoms with Crippen LogP contribution >= 0.6 is 23.2 Å². The molecule has 0 aromatic heterocycles. The van der Waals surface area contributed by atoms with Crippen molar-refractivity contribution >= 4 is 41.1 Å². The number of benzene rings is 3. The van der Waals surface area contributed by atoms with E-state index in [1.54, 1.807) is 0 Å². The van der Waals surface area contributed by atoms with Crippen LogP contribution in [0.1, 0.15) is 48.9 Å². The third kappa shape index (κ3) is 5.52. The Morgan fingerprint density at radius 1 is 0.811 bits per heavy atom. The van der Waals surface area contributed by atoms with Gasteiger partial charge in [-0.25, -0.2) is 0 Å². The van der Waals surface area contributed by atoms with Crippen molar-refractivity contribution in [1.82, 2.24) is 4.90 Å². The lowest BCUT2D eigenvalue weighted by Crippen LogP contribution is -2.30. The summed E-state index contributed by atoms with van der Waals surface area (Å²) in [5, 5.41) is -0.0440. The summed E-state index contributed by atoms with van der Waals surface area (Å²) >= 11 is 11.6. The number of halogens is 8. The standard InChI is InChI=1S/C26H15Cl2F6NO2/c27-21-10-8-15(12-22(21)28)19(25(29,30)31)9-6-14-5-7-16(20(11-14)26(32,33)34)13-35-23(36)17-3-1-2-4-18(17)24(35)37/h1-12,19H,13H2/b9-6+. The van der Waals surface area contributed by atoms with E-state index in [1.807, 2.05) is 0 Å². The van der Waals surface area contributed by atoms with Gasteiger partial charge in [0.1, 0.15) is 0 Å². The quantitative estimate of drug-likeness (QED) is 0.234. The number of rotatable bonds is 5. The van der Waals surface area contributed by atoms with Crippen molar-refractivity contribution in [1.29, 1.82) is 0 Å². The molecular weight excluding hydrogens is 543 g/mol. The minimum atomic E-state index is -4.90. The van der Waals surface area contributed by atoms with Crippen LogP contribution in [0.25, 0.3) is 6.08 Å². The van der Waals surface area contributed by atoms with Gasteiger partial charge in [-0.15, -0.1) is 0 Å². The van der Waals surface area contributed by atoms with Gasteiger partial charge in [0.2, 0.25) is 0 Å². The molecule has 1 heterocycles. The highest BCUT2D eigenvalue weighted by Crippen LogP contribution is 2.39. The number of hydrogen-bond acceptors (Lipinski definition) is 2. The predicted molar refractivity (Wildman–Crippen MR) is 126 cm³/mol. The minimum absolute atomic E-state index is 0.0544. The smallest absolute Gasteiger partial charge is 0.270 e. The number of carbonyl (C=O) groups is 2. The normalized spacial score (nSPS) is 15.0. The van der Waals surface area contributed by atoms with Crippen LogP contribution in [0, 0.1) is 0 Å². The molecule has 2 amide bonds. The van der Waals surface area contributed by atoms with Crippen LogP contribution in [0.15, 0.2) is 66.7 Å². The molecule has 0 bridgehead atoms. The molecule has 3 nitrogen and oxygen atoms in total. The molecule has 1 aliphatic heterocycles. The maximum absolute atomic E-state index is 13.9. The van der Waals surface area contributed by atoms with Crippen molar-refractivity contribution in [3.05, 3.63) is 110 Å². The summed E-state index contributed by atoms with van der Waals surface area (Å²) in [6.07, 6.45) is -8.02. The number of amides is 2. The van der Waals surface area contributed by atoms with Crippen LogP contribution < -0.4 is 0 Å². The summed E-state index contributed by atoms with van der Waals surface area (Å²) in [6.45, 7) is -0.653. The summed E-state index contributed by atoms with van der Waals surface area (Å²) in [7, 11) is 0. The highest BCUT2D eigenvalue weighted by atomic mass is 35.5. The first kappa shape index (κ1) is 26.8. The second-order valence-corrected chi connectivity index (χ2v) is 9.02. The van der Waals surface area contributed by atoms with Gasteiger partial charge < -0.3 is 0 Å². The SMILES string of the molecule is O=C1c2ccccc2C(=O)N1Cc1ccc(/C=C/C(c2ccc(Cl)c(Cl)c2)C(F)(F)F)cc1C(F)(F)F. The second kappa shape index (κ2) is 9.87. The summed E-state index contributed by atoms with van der Waals surface area (Å²) in [5.74, 6) is -3.62. The van der Waals surface area contributed by atoms with Crippen molar-refractivity contribution in [3.63, 3.8) is 0 Å². The maximum Gasteiger partial charge on any atom is 0.416 e. The summed E-state index contributed by atoms with van der Waals surface area (Å²) in [5.41, 5.74) is -1.79. The van der Waals surface area contributed by atoms with Crippen molar-refractivity contribution in [2.24, 2.45) is 0 Å². The molecule has 0 aliphatic carbocycles. The second-order valence-electron chi connectivity index (χ2n) is 8.21. The van der Waals surface area contributed by atoms with Gasteiger partial charge in [-0.3, -0.25) is 14.5 Å². The molecule has 3 aromatic rings. The number of fused-ring (bicyclic) bond motifs is 1. The van der Waals surface area contributed by atoms with Crippen molar-refractivity contribution in [2.45, 2.75) is 24.8 Å². The fourth-order valence-corrected chi connectivity index (χ4v) is 4.28. The first-order chi connectivity index (χ1) is 17.3. The summed E-state index contributed by atoms with van der Waals surface area (Å²) in [6, 6.07) is 12.1. The number of allylic oxidation sites excluding steroid dienone is 1. The highest BCUT2D eigenvalue weighted by Gasteiger charge is 2.40. The van der Waals surface area contributed by atoms with E-state index < -0.39 is 42.2 Å². The Morgan fingerprint density at radius 3 is 1.97 bits per heavy atom. The molecule has 0 spiro atoms. The van der Waals surface area contributed by atoms with Gasteiger partial charge in [0.15, 0.2) is 0 Å². The van der Waals surface area contributed by atoms with Gasteiger partial charge in [0.25, 0.3) is 11.8 Å². The van der Waals surface area contributed by atoms with Crippen LogP contribution in [-0.4, -0.2) is 22.9 Å². The van der Waals surface area contributed by atoms with E-state index in [4.69, 9.17) is 23.2 Å². The van der Waals surface area contributed by atoms with Crippen molar-refractivity contribution in [2.75, 3.05) is 0 Å². The fourth-order valence-electron chi connectivity index (χ4n) is 3.97. The molecule has 0 N–H and O–H groups in total. The van der Waals surface area contributed by atoms with Crippen LogP contribution in [0.4, 0.5) is 26.3 Å². The fraction of sp³-hybridized carbons (Fsp3) is 0.154. The Labute approximate surface area is 216 Å². The topological polar surface area (TPSA) is 37.4 Å². The van der Waals surface area contributed by atoms with Crippen LogP contribution in [-0.2, 0) is 12.7 Å². The zero-order chi connectivity index (χ0) is 27.1. The molecule has 0 saturated heterocycles. The molecule has 37 heavy (non-hydrogen) atoms. The molecule has 0 radical (unpaired) electrons. The first-order valence-corrected chi connectivity index (χ1v) is 11.4. The van der Waals surface area contributed by atoms with Crippen LogP contribution in [0.5, 0.6) is 0 Å². The third-order valence-electron chi connectivity index (χ3n) is 5.78. The van der Waals surface area contributed by atoms with Gasteiger partial charge in [0.05, 0.1) is 39.2 Å². The molecule has 192 valence electrons. The monoisotopic (exact) mass is 557 g/mol. The Kier molecular flexibility index (Phi) is 7.14. The first-order valence-electron chi connectivity index (χ1n) is 10.6. The molecule has 1 atom stereocenters. The number of imide groups is 1. The van der Waals surface area contributed by atoms with Crippen LogP contribution in [0.2, 0.25) is 10.0 Å². The maximum atomic E-state index is 13.9. The molecule has 3 aromatic carbocycles. The number of carbonyl (C=O) groups excluding carboxylic acids is 2. The molecule has 0 saturated carbocycles. The number of alkyl halides is 6. The average molecular weight is 558 g/mol. The van der Waals surface area contributed by atoms with E-state index in [9.17, 15) is 35.9 Å². The zero-order valence-electron chi connectivity index (χ0n) is 18.5. The summed E-state index contributed by atoms with van der Waals surface area (Å²) in [4.78, 5) is 25.9. The molecule has 11 heteroatoms. The van der Waals surface area contributed by atoms with Gasteiger partial charge in [-0.2, -0.15) is 26.3 Å². The Balaban J connectivity index is 1.66. The van der Waals surface area contributed by atoms with E-state index >= 15 is 0 Å². The van der Waals surface area contributed by atoms with E-state index in [2.05, 4.69) is 0 Å². The Morgan fingerprint density at radius 2 is 1.43 bits per heavy atom. The van der Waals surface area contributed by atoms with E-state index in [1.165, 1.54) is 36.4 Å². The third-order valence-corrected chi connectivity index (χ3v) is 6.52. The average Bonchev–Trinajstić information content (AvgIpc) is 3.05. The lowest BCUT2D eigenvalue weighted by Gasteiger charge is -2.19. The van der Waals surface area contributed by atoms with Crippen molar-refractivity contribution in [3.8, 4) is 0 Å². The van der Waals surface area contributed by atoms with Crippen molar-refractivity contribution < 1.29 is 35.9 Å². The Hall–Kier alpha value is -3.30. The molecule has 1 aliphatic rings. The highest BCUT2D eigenvalue weighted by molar-refractivity contribution is 6.42. The predicted octanol–water partition coefficient (Wildman–Crippen LogP) is 8.17. The van der Waals surface area contributed by atoms with Crippen LogP contribution in [0.3, 0.4) is 0 Å². The zero-order valence-corrected chi connectivity index (χ0v) is 20.0. The number of hydrogen-bond donors (Lipinski definition) is 0. The van der Waals surface area contributed by atoms with E-state index in [0.717, 1.165) is 30.4 Å². The van der Waals surface area contributed by atoms with E-state index in [0.29, 0.717) is 11.0 Å². The molecule has 1 unspecified atom stereocenters. The largest absolute Gasteiger partial charge is 0.416 e. The van der Waals surface area contributed by atoms with Gasteiger partial charge in [0, 0.05) is 0 Å². The number of nitrogens with zero attached hydrogens (tertiary/aromatic N) is 1. The lowest BCUT2D eigenvalue weighted by atomic mass is 9.96. The summed E-state index contributed by atoms with van der Waals surface area (Å²) < 4.78 is 82.8. The van der Waals surface area contributed by atoms with Gasteiger partial charge in [-0.05, 0) is 47.0 Å². The van der Waals surface area contributed by atoms with Gasteiger partial charge >= 0.3 is 12.4 Å². The van der Waals surface area contributed by atoms with Gasteiger partial charge in [-0.1, -0.05) is 65.7 Å². The molecule has 4 rings (SSSR count).